The lowest BCUT2D eigenvalue weighted by atomic mass is 9.73. The number of hydrogen-bond acceptors (Lipinski definition) is 2. The van der Waals surface area contributed by atoms with E-state index in [4.69, 9.17) is 0 Å². The maximum atomic E-state index is 12.6. The van der Waals surface area contributed by atoms with Crippen LogP contribution >= 0.6 is 0 Å². The molecule has 0 saturated heterocycles. The number of ketones is 1. The second kappa shape index (κ2) is 5.05. The Labute approximate surface area is 107 Å². The van der Waals surface area contributed by atoms with Gasteiger partial charge in [0.15, 0.2) is 5.78 Å². The topological polar surface area (TPSA) is 37.3 Å². The first-order chi connectivity index (χ1) is 8.69. The fourth-order valence-electron chi connectivity index (χ4n) is 2.27. The van der Waals surface area contributed by atoms with Gasteiger partial charge in [0.1, 0.15) is 5.75 Å². The summed E-state index contributed by atoms with van der Waals surface area (Å²) in [5.41, 5.74) is -0.227. The molecule has 0 bridgehead atoms. The quantitative estimate of drug-likeness (QED) is 0.644. The minimum Gasteiger partial charge on any atom is -0.507 e. The molecule has 2 nitrogen and oxygen atoms in total. The molecule has 1 N–H and O–H groups in total. The molecule has 0 radical (unpaired) electrons. The van der Waals surface area contributed by atoms with Crippen molar-refractivity contribution in [2.45, 2.75) is 12.8 Å². The first-order valence-corrected chi connectivity index (χ1v) is 5.98. The summed E-state index contributed by atoms with van der Waals surface area (Å²) in [5, 5.41) is 9.81. The molecular formula is C16H16O2. The van der Waals surface area contributed by atoms with Crippen LogP contribution in [0.2, 0.25) is 0 Å². The number of carbonyl (C=O) groups excluding carboxylic acids is 1. The molecule has 0 aliphatic heterocycles. The van der Waals surface area contributed by atoms with Gasteiger partial charge in [-0.25, -0.2) is 0 Å². The third-order valence-corrected chi connectivity index (χ3v) is 3.25. The predicted octanol–water partition coefficient (Wildman–Crippen LogP) is 3.65. The number of phenols is 1. The highest BCUT2D eigenvalue weighted by molar-refractivity contribution is 6.04. The third-order valence-electron chi connectivity index (χ3n) is 3.25. The molecule has 1 atom stereocenters. The summed E-state index contributed by atoms with van der Waals surface area (Å²) >= 11 is 0. The molecule has 1 aromatic carbocycles. The van der Waals surface area contributed by atoms with Gasteiger partial charge in [-0.05, 0) is 25.0 Å². The summed E-state index contributed by atoms with van der Waals surface area (Å²) in [5.74, 6) is -0.0185. The second-order valence-electron chi connectivity index (χ2n) is 4.49. The number of phenolic OH excluding ortho intramolecular Hbond substituents is 1. The summed E-state index contributed by atoms with van der Waals surface area (Å²) in [4.78, 5) is 12.6. The fourth-order valence-corrected chi connectivity index (χ4v) is 2.27. The molecule has 1 aliphatic rings. The molecule has 2 rings (SSSR count). The van der Waals surface area contributed by atoms with Crippen LogP contribution in [-0.4, -0.2) is 10.9 Å². The maximum absolute atomic E-state index is 12.6. The number of aromatic hydroxyl groups is 1. The summed E-state index contributed by atoms with van der Waals surface area (Å²) in [6.45, 7) is 3.73. The highest BCUT2D eigenvalue weighted by Crippen LogP contribution is 2.37. The van der Waals surface area contributed by atoms with E-state index in [9.17, 15) is 9.90 Å². The average molecular weight is 240 g/mol. The van der Waals surface area contributed by atoms with Crippen LogP contribution in [0.3, 0.4) is 0 Å². The largest absolute Gasteiger partial charge is 0.507 e. The Morgan fingerprint density at radius 2 is 2.17 bits per heavy atom. The Kier molecular flexibility index (Phi) is 3.47. The van der Waals surface area contributed by atoms with Crippen molar-refractivity contribution in [1.29, 1.82) is 0 Å². The molecule has 1 aromatic rings. The Hall–Kier alpha value is -2.09. The minimum absolute atomic E-state index is 0.0360. The van der Waals surface area contributed by atoms with E-state index in [1.54, 1.807) is 24.3 Å². The zero-order valence-electron chi connectivity index (χ0n) is 10.2. The SMILES string of the molecule is C=CCC1(C(=O)c2ccccc2O)C=CC=CC1. The van der Waals surface area contributed by atoms with E-state index in [1.807, 2.05) is 24.3 Å². The molecule has 0 fully saturated rings. The van der Waals surface area contributed by atoms with Crippen molar-refractivity contribution < 1.29 is 9.90 Å². The highest BCUT2D eigenvalue weighted by atomic mass is 16.3. The number of Topliss-reactive ketones (excluding diaryl/α,β-unsaturated/α-hetero) is 1. The van der Waals surface area contributed by atoms with E-state index in [2.05, 4.69) is 6.58 Å². The Balaban J connectivity index is 2.41. The van der Waals surface area contributed by atoms with Crippen molar-refractivity contribution in [2.24, 2.45) is 5.41 Å². The Morgan fingerprint density at radius 3 is 2.78 bits per heavy atom. The lowest BCUT2D eigenvalue weighted by Crippen LogP contribution is -2.29. The summed E-state index contributed by atoms with van der Waals surface area (Å²) in [6.07, 6.45) is 10.7. The van der Waals surface area contributed by atoms with Crippen molar-refractivity contribution in [3.63, 3.8) is 0 Å². The van der Waals surface area contributed by atoms with Gasteiger partial charge < -0.3 is 5.11 Å². The van der Waals surface area contributed by atoms with Crippen LogP contribution in [0, 0.1) is 5.41 Å². The minimum atomic E-state index is -0.602. The van der Waals surface area contributed by atoms with E-state index >= 15 is 0 Å². The molecular weight excluding hydrogens is 224 g/mol. The number of carbonyl (C=O) groups is 1. The summed E-state index contributed by atoms with van der Waals surface area (Å²) in [7, 11) is 0. The molecule has 0 spiro atoms. The van der Waals surface area contributed by atoms with Gasteiger partial charge in [0.05, 0.1) is 11.0 Å². The van der Waals surface area contributed by atoms with Crippen molar-refractivity contribution in [3.8, 4) is 5.75 Å². The highest BCUT2D eigenvalue weighted by Gasteiger charge is 2.36. The van der Waals surface area contributed by atoms with Crippen LogP contribution in [0.5, 0.6) is 5.75 Å². The lowest BCUT2D eigenvalue weighted by Gasteiger charge is -2.28. The standard InChI is InChI=1S/C16H16O2/c1-2-10-16(11-6-3-7-12-16)15(18)13-8-4-5-9-14(13)17/h2-9,11,17H,1,10,12H2. The number of hydrogen-bond donors (Lipinski definition) is 1. The van der Waals surface area contributed by atoms with Crippen molar-refractivity contribution in [2.75, 3.05) is 0 Å². The smallest absolute Gasteiger partial charge is 0.177 e. The molecule has 0 saturated carbocycles. The molecule has 1 unspecified atom stereocenters. The normalized spacial score (nSPS) is 21.8. The maximum Gasteiger partial charge on any atom is 0.177 e. The van der Waals surface area contributed by atoms with Crippen molar-refractivity contribution in [1.82, 2.24) is 0 Å². The lowest BCUT2D eigenvalue weighted by molar-refractivity contribution is 0.0851. The van der Waals surface area contributed by atoms with Crippen LogP contribution in [0.4, 0.5) is 0 Å². The van der Waals surface area contributed by atoms with Gasteiger partial charge in [0.2, 0.25) is 0 Å². The average Bonchev–Trinajstić information content (AvgIpc) is 2.40. The van der Waals surface area contributed by atoms with Gasteiger partial charge >= 0.3 is 0 Å². The zero-order chi connectivity index (χ0) is 13.0. The Bertz CT molecular complexity index is 522. The number of benzene rings is 1. The number of para-hydroxylation sites is 1. The van der Waals surface area contributed by atoms with Gasteiger partial charge in [-0.2, -0.15) is 0 Å². The molecule has 92 valence electrons. The summed E-state index contributed by atoms with van der Waals surface area (Å²) < 4.78 is 0. The number of rotatable bonds is 4. The van der Waals surface area contributed by atoms with Crippen molar-refractivity contribution in [3.05, 3.63) is 66.8 Å². The van der Waals surface area contributed by atoms with E-state index in [0.717, 1.165) is 0 Å². The van der Waals surface area contributed by atoms with E-state index in [1.165, 1.54) is 6.07 Å². The van der Waals surface area contributed by atoms with E-state index in [0.29, 0.717) is 18.4 Å². The first-order valence-electron chi connectivity index (χ1n) is 5.98. The second-order valence-corrected chi connectivity index (χ2v) is 4.49. The van der Waals surface area contributed by atoms with Gasteiger partial charge in [-0.15, -0.1) is 6.58 Å². The van der Waals surface area contributed by atoms with Crippen LogP contribution in [0.15, 0.2) is 61.2 Å². The van der Waals surface area contributed by atoms with Crippen molar-refractivity contribution >= 4 is 5.78 Å². The van der Waals surface area contributed by atoms with Crippen LogP contribution in [-0.2, 0) is 0 Å². The molecule has 2 heteroatoms. The Morgan fingerprint density at radius 1 is 1.39 bits per heavy atom. The molecule has 0 aromatic heterocycles. The molecule has 1 aliphatic carbocycles. The molecule has 0 amide bonds. The van der Waals surface area contributed by atoms with Gasteiger partial charge in [0, 0.05) is 0 Å². The van der Waals surface area contributed by atoms with Gasteiger partial charge in [0.25, 0.3) is 0 Å². The van der Waals surface area contributed by atoms with Gasteiger partial charge in [-0.3, -0.25) is 4.79 Å². The van der Waals surface area contributed by atoms with E-state index in [-0.39, 0.29) is 11.5 Å². The number of allylic oxidation sites excluding steroid dienone is 5. The van der Waals surface area contributed by atoms with Crippen LogP contribution in [0.1, 0.15) is 23.2 Å². The summed E-state index contributed by atoms with van der Waals surface area (Å²) in [6, 6.07) is 6.67. The molecule has 0 heterocycles. The third kappa shape index (κ3) is 2.14. The zero-order valence-corrected chi connectivity index (χ0v) is 10.2. The molecule has 18 heavy (non-hydrogen) atoms. The van der Waals surface area contributed by atoms with Gasteiger partial charge in [-0.1, -0.05) is 42.5 Å². The monoisotopic (exact) mass is 240 g/mol. The van der Waals surface area contributed by atoms with Crippen LogP contribution < -0.4 is 0 Å². The predicted molar refractivity (Wildman–Crippen MR) is 72.6 cm³/mol. The van der Waals surface area contributed by atoms with E-state index < -0.39 is 5.41 Å². The fraction of sp³-hybridized carbons (Fsp3) is 0.188. The van der Waals surface area contributed by atoms with Crippen LogP contribution in [0.25, 0.3) is 0 Å². The first kappa shape index (κ1) is 12.4.